The monoisotopic (exact) mass is 227 g/mol. The molecule has 2 rings (SSSR count). The predicted molar refractivity (Wildman–Crippen MR) is 60.4 cm³/mol. The molecule has 0 aromatic carbocycles. The average molecular weight is 227 g/mol. The molecule has 1 unspecified atom stereocenters. The lowest BCUT2D eigenvalue weighted by atomic mass is 9.84. The Morgan fingerprint density at radius 1 is 1.56 bits per heavy atom. The maximum Gasteiger partial charge on any atom is 0.310 e. The zero-order valence-corrected chi connectivity index (χ0v) is 10.1. The summed E-state index contributed by atoms with van der Waals surface area (Å²) in [5.74, 6) is -0.625. The third-order valence-electron chi connectivity index (χ3n) is 4.43. The van der Waals surface area contributed by atoms with Crippen molar-refractivity contribution in [3.63, 3.8) is 0 Å². The molecule has 0 spiro atoms. The molecule has 0 amide bonds. The van der Waals surface area contributed by atoms with E-state index >= 15 is 0 Å². The number of rotatable bonds is 4. The van der Waals surface area contributed by atoms with Crippen molar-refractivity contribution >= 4 is 5.97 Å². The summed E-state index contributed by atoms with van der Waals surface area (Å²) in [7, 11) is 1.75. The van der Waals surface area contributed by atoms with Crippen molar-refractivity contribution in [2.24, 2.45) is 5.41 Å². The fourth-order valence-electron chi connectivity index (χ4n) is 2.86. The Balaban J connectivity index is 1.90. The van der Waals surface area contributed by atoms with Crippen LogP contribution in [0.4, 0.5) is 0 Å². The van der Waals surface area contributed by atoms with Crippen LogP contribution < -0.4 is 0 Å². The van der Waals surface area contributed by atoms with Gasteiger partial charge >= 0.3 is 5.97 Å². The summed E-state index contributed by atoms with van der Waals surface area (Å²) in [6.45, 7) is 3.64. The first-order chi connectivity index (χ1) is 7.61. The molecule has 1 atom stereocenters. The molecule has 1 saturated heterocycles. The van der Waals surface area contributed by atoms with E-state index in [2.05, 4.69) is 4.90 Å². The summed E-state index contributed by atoms with van der Waals surface area (Å²) < 4.78 is 5.26. The molecule has 0 bridgehead atoms. The molecule has 1 heterocycles. The third kappa shape index (κ3) is 1.84. The molecule has 2 fully saturated rings. The Morgan fingerprint density at radius 2 is 2.25 bits per heavy atom. The van der Waals surface area contributed by atoms with Crippen molar-refractivity contribution < 1.29 is 14.6 Å². The van der Waals surface area contributed by atoms with E-state index in [1.807, 2.05) is 6.92 Å². The van der Waals surface area contributed by atoms with Crippen molar-refractivity contribution in [3.05, 3.63) is 0 Å². The van der Waals surface area contributed by atoms with Gasteiger partial charge in [-0.05, 0) is 32.2 Å². The fraction of sp³-hybridized carbons (Fsp3) is 0.917. The number of carbonyl (C=O) groups is 1. The van der Waals surface area contributed by atoms with Crippen LogP contribution in [0.1, 0.15) is 32.6 Å². The molecule has 0 aromatic heterocycles. The van der Waals surface area contributed by atoms with Crippen LogP contribution in [0.3, 0.4) is 0 Å². The van der Waals surface area contributed by atoms with Crippen molar-refractivity contribution in [1.82, 2.24) is 4.90 Å². The molecule has 92 valence electrons. The minimum Gasteiger partial charge on any atom is -0.481 e. The Hall–Kier alpha value is -0.610. The van der Waals surface area contributed by atoms with E-state index in [9.17, 15) is 9.90 Å². The molecule has 2 aliphatic rings. The maximum atomic E-state index is 11.3. The standard InChI is InChI=1S/C12H21NO3/c1-3-12(11(14)15)4-5-13(8-12)9-6-10(7-9)16-2/h9-10H,3-8H2,1-2H3,(H,14,15). The second-order valence-corrected chi connectivity index (χ2v) is 5.14. The molecule has 1 saturated carbocycles. The number of carboxylic acid groups (broad SMARTS) is 1. The van der Waals surface area contributed by atoms with E-state index in [0.717, 1.165) is 38.8 Å². The van der Waals surface area contributed by atoms with Gasteiger partial charge in [0.2, 0.25) is 0 Å². The van der Waals surface area contributed by atoms with Gasteiger partial charge in [-0.3, -0.25) is 9.69 Å². The van der Waals surface area contributed by atoms with E-state index in [-0.39, 0.29) is 0 Å². The van der Waals surface area contributed by atoms with Crippen LogP contribution in [0, 0.1) is 5.41 Å². The molecule has 16 heavy (non-hydrogen) atoms. The normalized spacial score (nSPS) is 39.6. The number of carboxylic acids is 1. The highest BCUT2D eigenvalue weighted by atomic mass is 16.5. The number of aliphatic carboxylic acids is 1. The quantitative estimate of drug-likeness (QED) is 0.787. The number of methoxy groups -OCH3 is 1. The van der Waals surface area contributed by atoms with Crippen LogP contribution in [0.2, 0.25) is 0 Å². The molecule has 0 aromatic rings. The third-order valence-corrected chi connectivity index (χ3v) is 4.43. The van der Waals surface area contributed by atoms with Crippen LogP contribution in [-0.2, 0) is 9.53 Å². The summed E-state index contributed by atoms with van der Waals surface area (Å²) in [6.07, 6.45) is 4.06. The van der Waals surface area contributed by atoms with E-state index in [4.69, 9.17) is 4.74 Å². The zero-order valence-electron chi connectivity index (χ0n) is 10.1. The Labute approximate surface area is 96.6 Å². The maximum absolute atomic E-state index is 11.3. The van der Waals surface area contributed by atoms with Crippen LogP contribution in [0.5, 0.6) is 0 Å². The van der Waals surface area contributed by atoms with E-state index in [1.54, 1.807) is 7.11 Å². The number of likely N-dealkylation sites (tertiary alicyclic amines) is 1. The Bertz CT molecular complexity index is 275. The van der Waals surface area contributed by atoms with Gasteiger partial charge in [0.15, 0.2) is 0 Å². The predicted octanol–water partition coefficient (Wildman–Crippen LogP) is 1.35. The number of hydrogen-bond donors (Lipinski definition) is 1. The first kappa shape index (κ1) is 11.9. The minimum atomic E-state index is -0.625. The number of hydrogen-bond acceptors (Lipinski definition) is 3. The SMILES string of the molecule is CCC1(C(=O)O)CCN(C2CC(OC)C2)C1. The molecule has 4 nitrogen and oxygen atoms in total. The molecule has 1 aliphatic heterocycles. The van der Waals surface area contributed by atoms with Gasteiger partial charge in [0, 0.05) is 19.7 Å². The lowest BCUT2D eigenvalue weighted by molar-refractivity contribution is -0.148. The van der Waals surface area contributed by atoms with Gasteiger partial charge in [-0.1, -0.05) is 6.92 Å². The van der Waals surface area contributed by atoms with Crippen molar-refractivity contribution in [2.45, 2.75) is 44.8 Å². The molecular formula is C12H21NO3. The summed E-state index contributed by atoms with van der Waals surface area (Å²) in [5, 5.41) is 9.30. The smallest absolute Gasteiger partial charge is 0.310 e. The fourth-order valence-corrected chi connectivity index (χ4v) is 2.86. The van der Waals surface area contributed by atoms with Crippen LogP contribution in [-0.4, -0.2) is 48.3 Å². The molecule has 1 N–H and O–H groups in total. The number of nitrogens with zero attached hydrogens (tertiary/aromatic N) is 1. The first-order valence-electron chi connectivity index (χ1n) is 6.11. The first-order valence-corrected chi connectivity index (χ1v) is 6.11. The summed E-state index contributed by atoms with van der Waals surface area (Å²) in [4.78, 5) is 13.6. The highest BCUT2D eigenvalue weighted by molar-refractivity contribution is 5.75. The van der Waals surface area contributed by atoms with E-state index in [1.165, 1.54) is 0 Å². The van der Waals surface area contributed by atoms with Gasteiger partial charge in [-0.15, -0.1) is 0 Å². The van der Waals surface area contributed by atoms with Gasteiger partial charge < -0.3 is 9.84 Å². The van der Waals surface area contributed by atoms with Crippen LogP contribution >= 0.6 is 0 Å². The van der Waals surface area contributed by atoms with Gasteiger partial charge in [0.05, 0.1) is 11.5 Å². The van der Waals surface area contributed by atoms with Gasteiger partial charge in [0.1, 0.15) is 0 Å². The van der Waals surface area contributed by atoms with Gasteiger partial charge in [-0.2, -0.15) is 0 Å². The Morgan fingerprint density at radius 3 is 2.69 bits per heavy atom. The highest BCUT2D eigenvalue weighted by Crippen LogP contribution is 2.39. The molecule has 1 aliphatic carbocycles. The second-order valence-electron chi connectivity index (χ2n) is 5.14. The lowest BCUT2D eigenvalue weighted by Crippen LogP contribution is -2.48. The van der Waals surface area contributed by atoms with Crippen molar-refractivity contribution in [1.29, 1.82) is 0 Å². The highest BCUT2D eigenvalue weighted by Gasteiger charge is 2.47. The lowest BCUT2D eigenvalue weighted by Gasteiger charge is -2.40. The van der Waals surface area contributed by atoms with Crippen molar-refractivity contribution in [3.8, 4) is 0 Å². The van der Waals surface area contributed by atoms with Gasteiger partial charge in [0.25, 0.3) is 0 Å². The average Bonchev–Trinajstić information content (AvgIpc) is 2.62. The molecule has 4 heteroatoms. The largest absolute Gasteiger partial charge is 0.481 e. The summed E-state index contributed by atoms with van der Waals surface area (Å²) in [6, 6.07) is 0.553. The van der Waals surface area contributed by atoms with E-state index < -0.39 is 11.4 Å². The zero-order chi connectivity index (χ0) is 11.8. The van der Waals surface area contributed by atoms with Crippen molar-refractivity contribution in [2.75, 3.05) is 20.2 Å². The van der Waals surface area contributed by atoms with Gasteiger partial charge in [-0.25, -0.2) is 0 Å². The summed E-state index contributed by atoms with van der Waals surface area (Å²) >= 11 is 0. The van der Waals surface area contributed by atoms with Crippen LogP contribution in [0.15, 0.2) is 0 Å². The topological polar surface area (TPSA) is 49.8 Å². The van der Waals surface area contributed by atoms with E-state index in [0.29, 0.717) is 12.1 Å². The molecule has 0 radical (unpaired) electrons. The Kier molecular flexibility index (Phi) is 3.22. The second kappa shape index (κ2) is 4.34. The minimum absolute atomic E-state index is 0.395. The summed E-state index contributed by atoms with van der Waals surface area (Å²) in [5.41, 5.74) is -0.488. The number of ether oxygens (including phenoxy) is 1. The van der Waals surface area contributed by atoms with Crippen LogP contribution in [0.25, 0.3) is 0 Å². The molecular weight excluding hydrogens is 206 g/mol.